The van der Waals surface area contributed by atoms with Crippen LogP contribution in [0.5, 0.6) is 5.75 Å². The van der Waals surface area contributed by atoms with E-state index in [-0.39, 0.29) is 11.3 Å². The molecule has 2 fully saturated rings. The van der Waals surface area contributed by atoms with Gasteiger partial charge in [0.15, 0.2) is 0 Å². The van der Waals surface area contributed by atoms with Crippen molar-refractivity contribution in [1.82, 2.24) is 4.31 Å². The van der Waals surface area contributed by atoms with Crippen molar-refractivity contribution >= 4 is 33.0 Å². The third-order valence-electron chi connectivity index (χ3n) is 8.33. The molecule has 182 valence electrons. The number of rotatable bonds is 4. The second kappa shape index (κ2) is 9.15. The molecule has 0 unspecified atom stereocenters. The molecule has 1 aliphatic heterocycles. The molecular weight excluding hydrogens is 490 g/mol. The van der Waals surface area contributed by atoms with Crippen LogP contribution in [0.3, 0.4) is 0 Å². The third kappa shape index (κ3) is 4.29. The van der Waals surface area contributed by atoms with Gasteiger partial charge in [-0.3, -0.25) is 0 Å². The number of hydrogen-bond acceptors (Lipinski definition) is 5. The van der Waals surface area contributed by atoms with Crippen molar-refractivity contribution < 1.29 is 18.6 Å². The maximum Gasteiger partial charge on any atom is 0.252 e. The molecule has 5 nitrogen and oxygen atoms in total. The molecule has 1 aromatic carbocycles. The van der Waals surface area contributed by atoms with Crippen molar-refractivity contribution in [3.05, 3.63) is 46.8 Å². The number of nitrogens with zero attached hydrogens (tertiary/aromatic N) is 1. The molecule has 8 heteroatoms. The topological polar surface area (TPSA) is 77.8 Å². The number of hydrogen-bond donors (Lipinski definition) is 2. The van der Waals surface area contributed by atoms with Gasteiger partial charge in [-0.05, 0) is 115 Å². The fourth-order valence-electron chi connectivity index (χ4n) is 6.66. The van der Waals surface area contributed by atoms with E-state index in [1.807, 2.05) is 6.07 Å². The van der Waals surface area contributed by atoms with Gasteiger partial charge < -0.3 is 10.2 Å². The van der Waals surface area contributed by atoms with Gasteiger partial charge in [0.1, 0.15) is 15.6 Å². The Morgan fingerprint density at radius 2 is 1.97 bits per heavy atom. The molecule has 3 atom stereocenters. The van der Waals surface area contributed by atoms with E-state index in [2.05, 4.69) is 17.4 Å². The van der Waals surface area contributed by atoms with E-state index in [0.29, 0.717) is 41.8 Å². The van der Waals surface area contributed by atoms with Crippen LogP contribution in [0.4, 0.5) is 0 Å². The van der Waals surface area contributed by atoms with Crippen molar-refractivity contribution in [3.8, 4) is 17.0 Å². The molecule has 0 spiro atoms. The van der Waals surface area contributed by atoms with E-state index in [1.165, 1.54) is 22.5 Å². The van der Waals surface area contributed by atoms with Crippen LogP contribution in [0.25, 0.3) is 0 Å². The zero-order valence-electron chi connectivity index (χ0n) is 19.0. The summed E-state index contributed by atoms with van der Waals surface area (Å²) in [6, 6.07) is 9.20. The molecule has 0 bridgehead atoms. The second-order valence-corrected chi connectivity index (χ2v) is 13.5. The Labute approximate surface area is 210 Å². The average molecular weight is 520 g/mol. The minimum absolute atomic E-state index is 0.0963. The van der Waals surface area contributed by atoms with Gasteiger partial charge in [0, 0.05) is 18.5 Å². The molecule has 2 aromatic rings. The summed E-state index contributed by atoms with van der Waals surface area (Å²) in [6.45, 7) is 1.07. The van der Waals surface area contributed by atoms with Crippen LogP contribution < -0.4 is 0 Å². The molecular formula is C26H30ClNO4S2. The Kier molecular flexibility index (Phi) is 6.50. The predicted molar refractivity (Wildman–Crippen MR) is 134 cm³/mol. The number of halogens is 1. The predicted octanol–water partition coefficient (Wildman–Crippen LogP) is 4.86. The first-order chi connectivity index (χ1) is 16.3. The number of aryl methyl sites for hydroxylation is 1. The van der Waals surface area contributed by atoms with E-state index in [1.54, 1.807) is 27.9 Å². The smallest absolute Gasteiger partial charge is 0.252 e. The number of benzene rings is 1. The minimum Gasteiger partial charge on any atom is -0.508 e. The average Bonchev–Trinajstić information content (AvgIpc) is 3.36. The zero-order chi connectivity index (χ0) is 24.0. The van der Waals surface area contributed by atoms with Crippen LogP contribution in [0.15, 0.2) is 39.9 Å². The Bertz CT molecular complexity index is 1210. The van der Waals surface area contributed by atoms with Gasteiger partial charge in [-0.25, -0.2) is 8.42 Å². The zero-order valence-corrected chi connectivity index (χ0v) is 21.4. The lowest BCUT2D eigenvalue weighted by atomic mass is 9.52. The lowest BCUT2D eigenvalue weighted by Crippen LogP contribution is -2.51. The van der Waals surface area contributed by atoms with Crippen LogP contribution >= 0.6 is 22.9 Å². The first kappa shape index (κ1) is 24.1. The highest BCUT2D eigenvalue weighted by Gasteiger charge is 2.52. The summed E-state index contributed by atoms with van der Waals surface area (Å²) in [5.41, 5.74) is 1.34. The highest BCUT2D eigenvalue weighted by atomic mass is 35.5. The number of aliphatic hydroxyl groups is 1. The van der Waals surface area contributed by atoms with Gasteiger partial charge >= 0.3 is 0 Å². The number of sulfonamides is 1. The lowest BCUT2D eigenvalue weighted by Gasteiger charge is -2.53. The summed E-state index contributed by atoms with van der Waals surface area (Å²) in [6.07, 6.45) is 6.41. The normalized spacial score (nSPS) is 30.1. The molecule has 2 aliphatic carbocycles. The van der Waals surface area contributed by atoms with Crippen molar-refractivity contribution in [3.63, 3.8) is 0 Å². The highest BCUT2D eigenvalue weighted by molar-refractivity contribution is 7.91. The maximum atomic E-state index is 13.0. The van der Waals surface area contributed by atoms with Crippen molar-refractivity contribution in [2.75, 3.05) is 13.1 Å². The number of thiophene rings is 1. The Hall–Kier alpha value is -1.56. The number of fused-ring (bicyclic) bond motifs is 3. The summed E-state index contributed by atoms with van der Waals surface area (Å²) >= 11 is 6.94. The van der Waals surface area contributed by atoms with Crippen LogP contribution in [0.2, 0.25) is 0 Å². The van der Waals surface area contributed by atoms with Crippen molar-refractivity contribution in [2.24, 2.45) is 11.8 Å². The van der Waals surface area contributed by atoms with Gasteiger partial charge in [0.05, 0.1) is 0 Å². The quantitative estimate of drug-likeness (QED) is 0.565. The Morgan fingerprint density at radius 1 is 1.18 bits per heavy atom. The Morgan fingerprint density at radius 3 is 2.68 bits per heavy atom. The summed E-state index contributed by atoms with van der Waals surface area (Å²) in [4.78, 5) is 0. The summed E-state index contributed by atoms with van der Waals surface area (Å²) in [5, 5.41) is 25.4. The molecule has 0 radical (unpaired) electrons. The van der Waals surface area contributed by atoms with Gasteiger partial charge in [-0.1, -0.05) is 18.1 Å². The van der Waals surface area contributed by atoms with Gasteiger partial charge in [0.25, 0.3) is 10.0 Å². The molecule has 2 N–H and O–H groups in total. The molecule has 1 aromatic heterocycles. The molecule has 3 aliphatic rings. The standard InChI is InChI=1S/C26H30ClNO4S2/c27-12-11-25(30)9-10-26(21(18-25)4-3-20-16-22(29)5-6-23(20)26)17-19-7-13-28(14-8-19)34(31,32)24-2-1-15-33-24/h1-2,5-6,15-16,19,21,29-30H,3-4,7-10,13-14,17-18H2/t21-,25+,26+/m0/s1. The van der Waals surface area contributed by atoms with Crippen LogP contribution in [0, 0.1) is 23.1 Å². The van der Waals surface area contributed by atoms with E-state index in [4.69, 9.17) is 11.6 Å². The third-order valence-corrected chi connectivity index (χ3v) is 11.7. The monoisotopic (exact) mass is 519 g/mol. The largest absolute Gasteiger partial charge is 0.508 e. The summed E-state index contributed by atoms with van der Waals surface area (Å²) < 4.78 is 28.0. The van der Waals surface area contributed by atoms with Gasteiger partial charge in [0.2, 0.25) is 0 Å². The van der Waals surface area contributed by atoms with Crippen LogP contribution in [-0.4, -0.2) is 41.6 Å². The SMILES string of the molecule is O=S(=O)(c1cccs1)N1CCC(C[C@]23CC[C@@](O)(C#CCl)C[C@@H]2CCc2cc(O)ccc23)CC1. The number of aromatic hydroxyl groups is 1. The second-order valence-electron chi connectivity index (χ2n) is 10.2. The molecule has 5 rings (SSSR count). The first-order valence-electron chi connectivity index (χ1n) is 12.0. The minimum atomic E-state index is -3.41. The lowest BCUT2D eigenvalue weighted by molar-refractivity contribution is -0.0178. The molecule has 2 heterocycles. The van der Waals surface area contributed by atoms with Gasteiger partial charge in [-0.2, -0.15) is 4.31 Å². The fourth-order valence-corrected chi connectivity index (χ4v) is 9.45. The maximum absolute atomic E-state index is 13.0. The highest BCUT2D eigenvalue weighted by Crippen LogP contribution is 2.56. The van der Waals surface area contributed by atoms with Crippen LogP contribution in [-0.2, 0) is 21.9 Å². The van der Waals surface area contributed by atoms with E-state index in [9.17, 15) is 18.6 Å². The molecule has 1 saturated carbocycles. The molecule has 0 amide bonds. The summed E-state index contributed by atoms with van der Waals surface area (Å²) in [5.74, 6) is 3.81. The molecule has 1 saturated heterocycles. The first-order valence-corrected chi connectivity index (χ1v) is 14.7. The Balaban J connectivity index is 1.39. The van der Waals surface area contributed by atoms with Crippen molar-refractivity contribution in [1.29, 1.82) is 0 Å². The van der Waals surface area contributed by atoms with E-state index >= 15 is 0 Å². The number of piperidine rings is 1. The van der Waals surface area contributed by atoms with E-state index in [0.717, 1.165) is 38.5 Å². The van der Waals surface area contributed by atoms with Crippen molar-refractivity contribution in [2.45, 2.75) is 66.6 Å². The number of phenolic OH excluding ortho intramolecular Hbond substituents is 1. The summed E-state index contributed by atoms with van der Waals surface area (Å²) in [7, 11) is -3.41. The molecule has 34 heavy (non-hydrogen) atoms. The van der Waals surface area contributed by atoms with E-state index < -0.39 is 15.6 Å². The van der Waals surface area contributed by atoms with Gasteiger partial charge in [-0.15, -0.1) is 11.3 Å². The number of phenols is 1. The van der Waals surface area contributed by atoms with Crippen LogP contribution in [0.1, 0.15) is 56.1 Å². The fraction of sp³-hybridized carbons (Fsp3) is 0.538.